The molecule has 0 aromatic heterocycles. The van der Waals surface area contributed by atoms with Gasteiger partial charge in [0.25, 0.3) is 11.8 Å². The summed E-state index contributed by atoms with van der Waals surface area (Å²) in [5, 5.41) is 1.09. The minimum absolute atomic E-state index is 0.249. The van der Waals surface area contributed by atoms with Gasteiger partial charge in [-0.25, -0.2) is 0 Å². The van der Waals surface area contributed by atoms with Crippen LogP contribution in [0.5, 0.6) is 11.5 Å². The third kappa shape index (κ3) is 5.92. The Kier molecular flexibility index (Phi) is 8.75. The van der Waals surface area contributed by atoms with Crippen LogP contribution in [0.4, 0.5) is 0 Å². The maximum Gasteiger partial charge on any atom is 0.285 e. The Morgan fingerprint density at radius 2 is 1.91 bits per heavy atom. The van der Waals surface area contributed by atoms with Crippen LogP contribution >= 0.6 is 55.8 Å². The molecular formula is C22H20Br2N2O4S2. The largest absolute Gasteiger partial charge is 0.490 e. The SMILES string of the molecule is CCCOc1c(Br)cc(/C=C2\SC(=S)N(NC(=O)c3ccc(Br)cc3)C2=O)cc1OCC. The Morgan fingerprint density at radius 3 is 2.56 bits per heavy atom. The van der Waals surface area contributed by atoms with E-state index in [0.717, 1.165) is 37.7 Å². The monoisotopic (exact) mass is 598 g/mol. The molecule has 1 N–H and O–H groups in total. The first-order valence-corrected chi connectivity index (χ1v) is 12.6. The van der Waals surface area contributed by atoms with Gasteiger partial charge in [-0.15, -0.1) is 0 Å². The van der Waals surface area contributed by atoms with Crippen LogP contribution in [-0.4, -0.2) is 34.4 Å². The Labute approximate surface area is 212 Å². The predicted octanol–water partition coefficient (Wildman–Crippen LogP) is 5.95. The molecule has 6 nitrogen and oxygen atoms in total. The van der Waals surface area contributed by atoms with Crippen molar-refractivity contribution in [1.29, 1.82) is 0 Å². The fourth-order valence-electron chi connectivity index (χ4n) is 2.76. The number of ether oxygens (including phenoxy) is 2. The highest BCUT2D eigenvalue weighted by molar-refractivity contribution is 9.10. The second kappa shape index (κ2) is 11.3. The van der Waals surface area contributed by atoms with Gasteiger partial charge in [0, 0.05) is 10.0 Å². The average Bonchev–Trinajstić information content (AvgIpc) is 3.01. The first kappa shape index (κ1) is 24.8. The normalized spacial score (nSPS) is 14.8. The molecule has 1 aliphatic rings. The lowest BCUT2D eigenvalue weighted by Gasteiger charge is -2.15. The molecule has 0 unspecified atom stereocenters. The van der Waals surface area contributed by atoms with E-state index in [9.17, 15) is 9.59 Å². The van der Waals surface area contributed by atoms with E-state index < -0.39 is 11.8 Å². The molecule has 1 aliphatic heterocycles. The summed E-state index contributed by atoms with van der Waals surface area (Å²) in [4.78, 5) is 25.8. The molecule has 2 aromatic rings. The van der Waals surface area contributed by atoms with Gasteiger partial charge in [-0.3, -0.25) is 15.0 Å². The van der Waals surface area contributed by atoms with Gasteiger partial charge >= 0.3 is 0 Å². The van der Waals surface area contributed by atoms with Crippen LogP contribution in [0.15, 0.2) is 50.2 Å². The molecule has 2 aromatic carbocycles. The summed E-state index contributed by atoms with van der Waals surface area (Å²) >= 11 is 13.3. The summed E-state index contributed by atoms with van der Waals surface area (Å²) in [6, 6.07) is 10.5. The zero-order chi connectivity index (χ0) is 23.3. The van der Waals surface area contributed by atoms with Crippen molar-refractivity contribution >= 4 is 78.1 Å². The van der Waals surface area contributed by atoms with E-state index in [1.165, 1.54) is 0 Å². The van der Waals surface area contributed by atoms with Gasteiger partial charge < -0.3 is 9.47 Å². The zero-order valence-corrected chi connectivity index (χ0v) is 22.1. The van der Waals surface area contributed by atoms with E-state index in [2.05, 4.69) is 37.3 Å². The van der Waals surface area contributed by atoms with Crippen LogP contribution in [0.3, 0.4) is 0 Å². The summed E-state index contributed by atoms with van der Waals surface area (Å²) in [5.74, 6) is 0.389. The molecule has 10 heteroatoms. The van der Waals surface area contributed by atoms with Gasteiger partial charge in [0.15, 0.2) is 15.8 Å². The number of hydrogen-bond donors (Lipinski definition) is 1. The molecular weight excluding hydrogens is 580 g/mol. The lowest BCUT2D eigenvalue weighted by molar-refractivity contribution is -0.123. The minimum atomic E-state index is -0.422. The van der Waals surface area contributed by atoms with E-state index in [-0.39, 0.29) is 4.32 Å². The van der Waals surface area contributed by atoms with Crippen molar-refractivity contribution < 1.29 is 19.1 Å². The molecule has 0 saturated carbocycles. The summed E-state index contributed by atoms with van der Waals surface area (Å²) in [7, 11) is 0. The highest BCUT2D eigenvalue weighted by Gasteiger charge is 2.34. The maximum absolute atomic E-state index is 12.9. The van der Waals surface area contributed by atoms with E-state index in [0.29, 0.717) is 35.2 Å². The van der Waals surface area contributed by atoms with Crippen molar-refractivity contribution in [2.24, 2.45) is 0 Å². The number of nitrogens with one attached hydrogen (secondary N) is 1. The summed E-state index contributed by atoms with van der Waals surface area (Å²) in [6.45, 7) is 4.96. The smallest absolute Gasteiger partial charge is 0.285 e. The Balaban J connectivity index is 1.82. The third-order valence-electron chi connectivity index (χ3n) is 4.19. The number of thioether (sulfide) groups is 1. The Morgan fingerprint density at radius 1 is 1.19 bits per heavy atom. The second-order valence-electron chi connectivity index (χ2n) is 6.58. The molecule has 0 aliphatic carbocycles. The molecule has 2 amide bonds. The van der Waals surface area contributed by atoms with Crippen LogP contribution in [-0.2, 0) is 4.79 Å². The number of carbonyl (C=O) groups is 2. The molecule has 1 heterocycles. The Hall–Kier alpha value is -1.88. The standard InChI is InChI=1S/C22H20Br2N2O4S2/c1-3-9-30-19-16(24)10-13(11-17(19)29-4-2)12-18-21(28)26(22(31)32-18)25-20(27)14-5-7-15(23)8-6-14/h5-8,10-12H,3-4,9H2,1-2H3,(H,25,27)/b18-12-. The van der Waals surface area contributed by atoms with Gasteiger partial charge in [-0.2, -0.15) is 5.01 Å². The number of halogens is 2. The topological polar surface area (TPSA) is 67.9 Å². The van der Waals surface area contributed by atoms with E-state index in [4.69, 9.17) is 21.7 Å². The van der Waals surface area contributed by atoms with Crippen molar-refractivity contribution in [3.05, 3.63) is 61.4 Å². The van der Waals surface area contributed by atoms with Gasteiger partial charge in [-0.1, -0.05) is 34.6 Å². The quantitative estimate of drug-likeness (QED) is 0.299. The van der Waals surface area contributed by atoms with Crippen molar-refractivity contribution in [2.75, 3.05) is 13.2 Å². The number of rotatable bonds is 8. The first-order chi connectivity index (χ1) is 15.3. The fourth-order valence-corrected chi connectivity index (χ4v) is 4.78. The minimum Gasteiger partial charge on any atom is -0.490 e. The van der Waals surface area contributed by atoms with Crippen LogP contribution in [0.2, 0.25) is 0 Å². The molecule has 32 heavy (non-hydrogen) atoms. The van der Waals surface area contributed by atoms with Crippen molar-refractivity contribution in [2.45, 2.75) is 20.3 Å². The lowest BCUT2D eigenvalue weighted by atomic mass is 10.2. The lowest BCUT2D eigenvalue weighted by Crippen LogP contribution is -2.44. The van der Waals surface area contributed by atoms with Crippen molar-refractivity contribution in [3.8, 4) is 11.5 Å². The summed E-state index contributed by atoms with van der Waals surface area (Å²) in [6.07, 6.45) is 2.58. The van der Waals surface area contributed by atoms with Gasteiger partial charge in [0.1, 0.15) is 0 Å². The summed E-state index contributed by atoms with van der Waals surface area (Å²) < 4.78 is 13.4. The van der Waals surface area contributed by atoms with Gasteiger partial charge in [0.2, 0.25) is 0 Å². The highest BCUT2D eigenvalue weighted by Crippen LogP contribution is 2.39. The number of carbonyl (C=O) groups excluding carboxylic acids is 2. The molecule has 0 spiro atoms. The predicted molar refractivity (Wildman–Crippen MR) is 138 cm³/mol. The van der Waals surface area contributed by atoms with Crippen LogP contribution in [0.1, 0.15) is 36.2 Å². The number of hydrazine groups is 1. The Bertz CT molecular complexity index is 1070. The average molecular weight is 600 g/mol. The number of benzene rings is 2. The molecule has 0 atom stereocenters. The van der Waals surface area contributed by atoms with Gasteiger partial charge in [-0.05, 0) is 89.5 Å². The second-order valence-corrected chi connectivity index (χ2v) is 10.0. The van der Waals surface area contributed by atoms with Crippen LogP contribution in [0.25, 0.3) is 6.08 Å². The molecule has 168 valence electrons. The molecule has 1 saturated heterocycles. The fraction of sp³-hybridized carbons (Fsp3) is 0.227. The number of hydrogen-bond acceptors (Lipinski definition) is 6. The van der Waals surface area contributed by atoms with Crippen molar-refractivity contribution in [3.63, 3.8) is 0 Å². The van der Waals surface area contributed by atoms with E-state index in [1.807, 2.05) is 26.0 Å². The highest BCUT2D eigenvalue weighted by atomic mass is 79.9. The molecule has 0 radical (unpaired) electrons. The maximum atomic E-state index is 12.9. The number of nitrogens with zero attached hydrogens (tertiary/aromatic N) is 1. The third-order valence-corrected chi connectivity index (χ3v) is 6.61. The number of amides is 2. The molecule has 3 rings (SSSR count). The van der Waals surface area contributed by atoms with Gasteiger partial charge in [0.05, 0.1) is 22.6 Å². The van der Waals surface area contributed by atoms with Crippen LogP contribution < -0.4 is 14.9 Å². The van der Waals surface area contributed by atoms with E-state index >= 15 is 0 Å². The zero-order valence-electron chi connectivity index (χ0n) is 17.3. The van der Waals surface area contributed by atoms with E-state index in [1.54, 1.807) is 30.3 Å². The molecule has 1 fully saturated rings. The number of thiocarbonyl (C=S) groups is 1. The molecule has 0 bridgehead atoms. The van der Waals surface area contributed by atoms with Crippen molar-refractivity contribution in [1.82, 2.24) is 10.4 Å². The summed E-state index contributed by atoms with van der Waals surface area (Å²) in [5.41, 5.74) is 3.73. The first-order valence-electron chi connectivity index (χ1n) is 9.77. The van der Waals surface area contributed by atoms with Crippen LogP contribution in [0, 0.1) is 0 Å².